The average molecular weight is 342 g/mol. The van der Waals surface area contributed by atoms with Crippen LogP contribution in [0.3, 0.4) is 0 Å². The smallest absolute Gasteiger partial charge is 0.337 e. The van der Waals surface area contributed by atoms with Crippen LogP contribution in [0.15, 0.2) is 30.3 Å². The molecule has 0 saturated carbocycles. The molecule has 5 heteroatoms. The van der Waals surface area contributed by atoms with Gasteiger partial charge in [-0.25, -0.2) is 4.79 Å². The number of aromatic carboxylic acids is 1. The summed E-state index contributed by atoms with van der Waals surface area (Å²) in [6.07, 6.45) is 2.44. The van der Waals surface area contributed by atoms with E-state index < -0.39 is 5.97 Å². The van der Waals surface area contributed by atoms with E-state index in [0.717, 1.165) is 42.9 Å². The Morgan fingerprint density at radius 3 is 2.68 bits per heavy atom. The summed E-state index contributed by atoms with van der Waals surface area (Å²) in [7, 11) is 0. The molecular weight excluding hydrogens is 316 g/mol. The molecule has 1 aromatic carbocycles. The van der Waals surface area contributed by atoms with Crippen LogP contribution in [0.2, 0.25) is 0 Å². The Kier molecular flexibility index (Phi) is 5.56. The highest BCUT2D eigenvalue weighted by atomic mass is 16.5. The van der Waals surface area contributed by atoms with Gasteiger partial charge in [-0.05, 0) is 32.3 Å². The number of carboxylic acids is 1. The molecule has 0 spiro atoms. The van der Waals surface area contributed by atoms with Gasteiger partial charge in [0.1, 0.15) is 0 Å². The van der Waals surface area contributed by atoms with Gasteiger partial charge in [0, 0.05) is 43.2 Å². The summed E-state index contributed by atoms with van der Waals surface area (Å²) < 4.78 is 7.72. The molecule has 134 valence electrons. The molecule has 2 aromatic rings. The van der Waals surface area contributed by atoms with Crippen molar-refractivity contribution in [3.63, 3.8) is 0 Å². The highest BCUT2D eigenvalue weighted by molar-refractivity contribution is 5.91. The number of ether oxygens (including phenoxy) is 1. The first-order chi connectivity index (χ1) is 12.1. The molecule has 1 unspecified atom stereocenters. The van der Waals surface area contributed by atoms with Gasteiger partial charge in [0.15, 0.2) is 0 Å². The third-order valence-electron chi connectivity index (χ3n) is 5.01. The normalized spacial score (nSPS) is 17.1. The quantitative estimate of drug-likeness (QED) is 0.811. The molecular formula is C20H26N2O3. The van der Waals surface area contributed by atoms with Crippen molar-refractivity contribution in [3.05, 3.63) is 58.4 Å². The van der Waals surface area contributed by atoms with Gasteiger partial charge in [0.05, 0.1) is 11.7 Å². The average Bonchev–Trinajstić information content (AvgIpc) is 3.19. The minimum absolute atomic E-state index is 0.251. The number of hydrogen-bond acceptors (Lipinski definition) is 3. The van der Waals surface area contributed by atoms with Gasteiger partial charge in [-0.3, -0.25) is 0 Å². The number of carbonyl (C=O) groups is 1. The van der Waals surface area contributed by atoms with Crippen molar-refractivity contribution in [1.82, 2.24) is 9.88 Å². The van der Waals surface area contributed by atoms with E-state index in [4.69, 9.17) is 4.74 Å². The summed E-state index contributed by atoms with van der Waals surface area (Å²) >= 11 is 0. The van der Waals surface area contributed by atoms with Crippen LogP contribution in [0.5, 0.6) is 0 Å². The fraction of sp³-hybridized carbons (Fsp3) is 0.450. The third kappa shape index (κ3) is 3.94. The van der Waals surface area contributed by atoms with Crippen LogP contribution in [0.4, 0.5) is 0 Å². The number of rotatable bonds is 7. The molecule has 0 amide bonds. The monoisotopic (exact) mass is 342 g/mol. The van der Waals surface area contributed by atoms with Crippen molar-refractivity contribution in [2.45, 2.75) is 45.9 Å². The maximum Gasteiger partial charge on any atom is 0.337 e. The molecule has 1 aliphatic heterocycles. The second kappa shape index (κ2) is 7.85. The van der Waals surface area contributed by atoms with Gasteiger partial charge in [-0.2, -0.15) is 0 Å². The minimum Gasteiger partial charge on any atom is -0.478 e. The Balaban J connectivity index is 1.80. The molecule has 1 fully saturated rings. The first kappa shape index (κ1) is 17.7. The molecule has 1 aromatic heterocycles. The second-order valence-electron chi connectivity index (χ2n) is 6.67. The molecule has 3 rings (SSSR count). The molecule has 5 nitrogen and oxygen atoms in total. The van der Waals surface area contributed by atoms with Crippen molar-refractivity contribution < 1.29 is 14.6 Å². The maximum atomic E-state index is 11.8. The Morgan fingerprint density at radius 1 is 1.28 bits per heavy atom. The maximum absolute atomic E-state index is 11.8. The summed E-state index contributed by atoms with van der Waals surface area (Å²) in [4.78, 5) is 11.8. The second-order valence-corrected chi connectivity index (χ2v) is 6.67. The van der Waals surface area contributed by atoms with Crippen molar-refractivity contribution in [2.75, 3.05) is 13.2 Å². The molecule has 0 bridgehead atoms. The fourth-order valence-corrected chi connectivity index (χ4v) is 3.62. The third-order valence-corrected chi connectivity index (χ3v) is 5.01. The molecule has 0 aliphatic carbocycles. The zero-order valence-corrected chi connectivity index (χ0v) is 14.9. The summed E-state index contributed by atoms with van der Waals surface area (Å²) in [5.74, 6) is -0.860. The van der Waals surface area contributed by atoms with Gasteiger partial charge < -0.3 is 19.7 Å². The summed E-state index contributed by atoms with van der Waals surface area (Å²) in [6, 6.07) is 10.1. The Morgan fingerprint density at radius 2 is 2.04 bits per heavy atom. The highest BCUT2D eigenvalue weighted by Crippen LogP contribution is 2.24. The molecule has 0 radical (unpaired) electrons. The zero-order chi connectivity index (χ0) is 17.8. The first-order valence-electron chi connectivity index (χ1n) is 8.86. The molecule has 1 saturated heterocycles. The van der Waals surface area contributed by atoms with Gasteiger partial charge >= 0.3 is 5.97 Å². The van der Waals surface area contributed by atoms with E-state index >= 15 is 0 Å². The summed E-state index contributed by atoms with van der Waals surface area (Å²) in [5.41, 5.74) is 4.29. The standard InChI is InChI=1S/C20H26N2O3/c1-14-18(12-21-11-17-9-6-10-25-17)19(20(23)24)15(2)22(14)13-16-7-4-3-5-8-16/h3-5,7-8,17,21H,6,9-13H2,1-2H3,(H,23,24). The predicted molar refractivity (Wildman–Crippen MR) is 97.1 cm³/mol. The Bertz CT molecular complexity index is 731. The number of hydrogen-bond donors (Lipinski definition) is 2. The van der Waals surface area contributed by atoms with Crippen LogP contribution in [0.1, 0.15) is 45.7 Å². The lowest BCUT2D eigenvalue weighted by Gasteiger charge is -2.12. The number of benzene rings is 1. The molecule has 1 aliphatic rings. The summed E-state index contributed by atoms with van der Waals surface area (Å²) in [5, 5.41) is 13.1. The van der Waals surface area contributed by atoms with Gasteiger partial charge in [-0.15, -0.1) is 0 Å². The zero-order valence-electron chi connectivity index (χ0n) is 14.9. The summed E-state index contributed by atoms with van der Waals surface area (Å²) in [6.45, 7) is 6.73. The van der Waals surface area contributed by atoms with Crippen LogP contribution < -0.4 is 5.32 Å². The fourth-order valence-electron chi connectivity index (χ4n) is 3.62. The van der Waals surface area contributed by atoms with E-state index in [1.54, 1.807) is 0 Å². The van der Waals surface area contributed by atoms with Crippen LogP contribution >= 0.6 is 0 Å². The lowest BCUT2D eigenvalue weighted by atomic mass is 10.1. The number of nitrogens with zero attached hydrogens (tertiary/aromatic N) is 1. The van der Waals surface area contributed by atoms with Gasteiger partial charge in [0.2, 0.25) is 0 Å². The number of carboxylic acid groups (broad SMARTS) is 1. The van der Waals surface area contributed by atoms with Gasteiger partial charge in [0.25, 0.3) is 0 Å². The molecule has 2 heterocycles. The predicted octanol–water partition coefficient (Wildman–Crippen LogP) is 3.12. The van der Waals surface area contributed by atoms with Crippen molar-refractivity contribution in [2.24, 2.45) is 0 Å². The van der Waals surface area contributed by atoms with Crippen LogP contribution in [0.25, 0.3) is 0 Å². The van der Waals surface area contributed by atoms with E-state index in [9.17, 15) is 9.90 Å². The van der Waals surface area contributed by atoms with Crippen molar-refractivity contribution >= 4 is 5.97 Å². The molecule has 2 N–H and O–H groups in total. The van der Waals surface area contributed by atoms with Crippen molar-refractivity contribution in [3.8, 4) is 0 Å². The van der Waals surface area contributed by atoms with E-state index in [2.05, 4.69) is 22.0 Å². The van der Waals surface area contributed by atoms with E-state index in [0.29, 0.717) is 18.7 Å². The largest absolute Gasteiger partial charge is 0.478 e. The molecule has 1 atom stereocenters. The lowest BCUT2D eigenvalue weighted by Crippen LogP contribution is -2.26. The Hall–Kier alpha value is -2.11. The van der Waals surface area contributed by atoms with Crippen LogP contribution in [-0.2, 0) is 17.8 Å². The molecule has 25 heavy (non-hydrogen) atoms. The van der Waals surface area contributed by atoms with Crippen LogP contribution in [0, 0.1) is 13.8 Å². The van der Waals surface area contributed by atoms with E-state index in [1.807, 2.05) is 32.0 Å². The van der Waals surface area contributed by atoms with Crippen molar-refractivity contribution in [1.29, 1.82) is 0 Å². The van der Waals surface area contributed by atoms with Gasteiger partial charge in [-0.1, -0.05) is 30.3 Å². The minimum atomic E-state index is -0.860. The topological polar surface area (TPSA) is 63.5 Å². The van der Waals surface area contributed by atoms with E-state index in [1.165, 1.54) is 5.56 Å². The lowest BCUT2D eigenvalue weighted by molar-refractivity contribution is 0.0694. The first-order valence-corrected chi connectivity index (χ1v) is 8.86. The SMILES string of the molecule is Cc1c(CNCC2CCCO2)c(C(=O)O)c(C)n1Cc1ccccc1. The highest BCUT2D eigenvalue weighted by Gasteiger charge is 2.23. The van der Waals surface area contributed by atoms with E-state index in [-0.39, 0.29) is 6.10 Å². The number of aromatic nitrogens is 1. The Labute approximate surface area is 148 Å². The van der Waals surface area contributed by atoms with Crippen LogP contribution in [-0.4, -0.2) is 34.9 Å². The number of nitrogens with one attached hydrogen (secondary N) is 1.